The van der Waals surface area contributed by atoms with Crippen LogP contribution in [0.3, 0.4) is 0 Å². The van der Waals surface area contributed by atoms with Crippen LogP contribution in [0, 0.1) is 64.6 Å². The van der Waals surface area contributed by atoms with Crippen molar-refractivity contribution in [2.45, 2.75) is 90.1 Å². The van der Waals surface area contributed by atoms with E-state index in [1.54, 1.807) is 0 Å². The Labute approximate surface area is 204 Å². The van der Waals surface area contributed by atoms with Gasteiger partial charge in [0, 0.05) is 6.42 Å². The van der Waals surface area contributed by atoms with Gasteiger partial charge in [0.25, 0.3) is 0 Å². The fourth-order valence-corrected chi connectivity index (χ4v) is 11.3. The van der Waals surface area contributed by atoms with Gasteiger partial charge in [0.1, 0.15) is 6.10 Å². The third kappa shape index (κ3) is 3.50. The average molecular weight is 471 g/mol. The van der Waals surface area contributed by atoms with Crippen molar-refractivity contribution in [2.75, 3.05) is 13.4 Å². The van der Waals surface area contributed by atoms with Crippen LogP contribution in [0.15, 0.2) is 0 Å². The number of fused-ring (bicyclic) bond motifs is 9. The largest absolute Gasteiger partial charge is 0.462 e. The van der Waals surface area contributed by atoms with Crippen molar-refractivity contribution < 1.29 is 23.8 Å². The van der Waals surface area contributed by atoms with E-state index in [4.69, 9.17) is 14.2 Å². The number of rotatable bonds is 8. The van der Waals surface area contributed by atoms with Gasteiger partial charge in [-0.05, 0) is 129 Å². The quantitative estimate of drug-likeness (QED) is 0.207. The van der Waals surface area contributed by atoms with Crippen LogP contribution in [-0.4, -0.2) is 31.4 Å². The molecule has 8 unspecified atom stereocenters. The molecule has 8 bridgehead atoms. The average Bonchev–Trinajstić information content (AvgIpc) is 3.54. The van der Waals surface area contributed by atoms with Crippen molar-refractivity contribution in [3.05, 3.63) is 0 Å². The van der Waals surface area contributed by atoms with E-state index in [-0.39, 0.29) is 30.8 Å². The minimum Gasteiger partial charge on any atom is -0.462 e. The van der Waals surface area contributed by atoms with E-state index in [0.717, 1.165) is 49.5 Å². The number of ether oxygens (including phenoxy) is 3. The first-order valence-corrected chi connectivity index (χ1v) is 14.5. The van der Waals surface area contributed by atoms with Crippen molar-refractivity contribution >= 4 is 11.9 Å². The number of hydrogen-bond acceptors (Lipinski definition) is 5. The van der Waals surface area contributed by atoms with Gasteiger partial charge in [-0.2, -0.15) is 0 Å². The summed E-state index contributed by atoms with van der Waals surface area (Å²) in [5, 5.41) is 0. The minimum absolute atomic E-state index is 0.0285. The van der Waals surface area contributed by atoms with Crippen LogP contribution < -0.4 is 0 Å². The van der Waals surface area contributed by atoms with Crippen molar-refractivity contribution in [1.29, 1.82) is 0 Å². The molecule has 0 N–H and O–H groups in total. The van der Waals surface area contributed by atoms with E-state index in [1.165, 1.54) is 51.4 Å². The first kappa shape index (κ1) is 22.1. The third-order valence-electron chi connectivity index (χ3n) is 11.7. The zero-order chi connectivity index (χ0) is 23.0. The number of carbonyl (C=O) groups is 2. The summed E-state index contributed by atoms with van der Waals surface area (Å²) < 4.78 is 17.7. The second-order valence-corrected chi connectivity index (χ2v) is 13.7. The topological polar surface area (TPSA) is 61.8 Å². The van der Waals surface area contributed by atoms with Crippen LogP contribution in [0.5, 0.6) is 0 Å². The van der Waals surface area contributed by atoms with Crippen molar-refractivity contribution in [3.63, 3.8) is 0 Å². The van der Waals surface area contributed by atoms with Crippen LogP contribution in [-0.2, 0) is 23.8 Å². The molecule has 8 rings (SSSR count). The fraction of sp³-hybridized carbons (Fsp3) is 0.931. The van der Waals surface area contributed by atoms with Crippen LogP contribution in [0.2, 0.25) is 0 Å². The molecule has 8 fully saturated rings. The van der Waals surface area contributed by atoms with E-state index in [0.29, 0.717) is 41.4 Å². The van der Waals surface area contributed by atoms with Gasteiger partial charge >= 0.3 is 11.9 Å². The summed E-state index contributed by atoms with van der Waals surface area (Å²) in [7, 11) is 0. The van der Waals surface area contributed by atoms with Crippen molar-refractivity contribution in [2.24, 2.45) is 64.6 Å². The highest BCUT2D eigenvalue weighted by molar-refractivity contribution is 5.73. The molecular weight excluding hydrogens is 428 g/mol. The maximum Gasteiger partial charge on any atom is 0.311 e. The Morgan fingerprint density at radius 1 is 0.824 bits per heavy atom. The Bertz CT molecular complexity index is 801. The molecule has 8 aliphatic carbocycles. The Morgan fingerprint density at radius 3 is 2.21 bits per heavy atom. The SMILES string of the molecule is CCCC(=O)OC1CC2CC1C1C3CC(CC3C(=O)OCOCC34CC5CC(CC(C5)C3)C4)C21. The molecule has 8 saturated carbocycles. The third-order valence-corrected chi connectivity index (χ3v) is 11.7. The molecule has 34 heavy (non-hydrogen) atoms. The molecule has 0 saturated heterocycles. The van der Waals surface area contributed by atoms with Crippen LogP contribution in [0.4, 0.5) is 0 Å². The molecule has 8 atom stereocenters. The molecule has 188 valence electrons. The smallest absolute Gasteiger partial charge is 0.311 e. The zero-order valence-electron chi connectivity index (χ0n) is 20.8. The predicted molar refractivity (Wildman–Crippen MR) is 125 cm³/mol. The zero-order valence-corrected chi connectivity index (χ0v) is 20.8. The summed E-state index contributed by atoms with van der Waals surface area (Å²) in [6.07, 6.45) is 14.2. The maximum absolute atomic E-state index is 13.1. The highest BCUT2D eigenvalue weighted by Gasteiger charge is 2.66. The second-order valence-electron chi connectivity index (χ2n) is 13.7. The lowest BCUT2D eigenvalue weighted by molar-refractivity contribution is -0.174. The molecule has 0 aromatic heterocycles. The van der Waals surface area contributed by atoms with Crippen molar-refractivity contribution in [3.8, 4) is 0 Å². The molecule has 5 nitrogen and oxygen atoms in total. The predicted octanol–water partition coefficient (Wildman–Crippen LogP) is 5.36. The molecule has 0 aromatic rings. The van der Waals surface area contributed by atoms with Crippen LogP contribution >= 0.6 is 0 Å². The number of esters is 2. The van der Waals surface area contributed by atoms with Gasteiger partial charge in [0.15, 0.2) is 6.79 Å². The molecule has 0 radical (unpaired) electrons. The van der Waals surface area contributed by atoms with Gasteiger partial charge in [0.05, 0.1) is 12.5 Å². The summed E-state index contributed by atoms with van der Waals surface area (Å²) in [4.78, 5) is 25.2. The van der Waals surface area contributed by atoms with Gasteiger partial charge in [0.2, 0.25) is 0 Å². The second kappa shape index (κ2) is 8.21. The highest BCUT2D eigenvalue weighted by atomic mass is 16.7. The molecule has 8 aliphatic rings. The van der Waals surface area contributed by atoms with E-state index in [9.17, 15) is 9.59 Å². The monoisotopic (exact) mass is 470 g/mol. The van der Waals surface area contributed by atoms with E-state index in [1.807, 2.05) is 6.92 Å². The summed E-state index contributed by atoms with van der Waals surface area (Å²) in [5.41, 5.74) is 0.369. The lowest BCUT2D eigenvalue weighted by Crippen LogP contribution is -2.48. The van der Waals surface area contributed by atoms with Gasteiger partial charge < -0.3 is 14.2 Å². The highest BCUT2D eigenvalue weighted by Crippen LogP contribution is 2.69. The molecule has 5 heteroatoms. The number of carbonyl (C=O) groups excluding carboxylic acids is 2. The maximum atomic E-state index is 13.1. The normalized spacial score (nSPS) is 51.1. The molecule has 0 spiro atoms. The van der Waals surface area contributed by atoms with Crippen LogP contribution in [0.25, 0.3) is 0 Å². The van der Waals surface area contributed by atoms with Gasteiger partial charge in [-0.3, -0.25) is 9.59 Å². The van der Waals surface area contributed by atoms with Gasteiger partial charge in [-0.1, -0.05) is 6.92 Å². The van der Waals surface area contributed by atoms with Gasteiger partial charge in [-0.25, -0.2) is 0 Å². The minimum atomic E-state index is -0.0353. The molecule has 0 heterocycles. The van der Waals surface area contributed by atoms with E-state index < -0.39 is 0 Å². The molecular formula is C29H42O5. The van der Waals surface area contributed by atoms with Crippen LogP contribution in [0.1, 0.15) is 84.0 Å². The Balaban J connectivity index is 0.924. The number of hydrogen-bond donors (Lipinski definition) is 0. The fourth-order valence-electron chi connectivity index (χ4n) is 11.3. The lowest BCUT2D eigenvalue weighted by atomic mass is 9.50. The molecule has 0 amide bonds. The Morgan fingerprint density at radius 2 is 1.50 bits per heavy atom. The summed E-state index contributed by atoms with van der Waals surface area (Å²) in [5.74, 6) is 6.31. The van der Waals surface area contributed by atoms with Gasteiger partial charge in [-0.15, -0.1) is 0 Å². The molecule has 0 aliphatic heterocycles. The lowest BCUT2D eigenvalue weighted by Gasteiger charge is -2.56. The van der Waals surface area contributed by atoms with E-state index in [2.05, 4.69) is 0 Å². The standard InChI is InChI=1S/C29H42O5/c1-2-3-25(30)34-24-10-20-9-23(24)27-21-7-19(26(20)27)8-22(21)28(31)33-15-32-14-29-11-16-4-17(12-29)6-18(5-16)13-29/h16-24,26-27H,2-15H2,1H3. The Hall–Kier alpha value is -1.10. The summed E-state index contributed by atoms with van der Waals surface area (Å²) in [6.45, 7) is 2.93. The van der Waals surface area contributed by atoms with Crippen molar-refractivity contribution in [1.82, 2.24) is 0 Å². The molecule has 0 aromatic carbocycles. The Kier molecular flexibility index (Phi) is 5.34. The summed E-state index contributed by atoms with van der Waals surface area (Å²) >= 11 is 0. The first-order valence-electron chi connectivity index (χ1n) is 14.5. The van der Waals surface area contributed by atoms with E-state index >= 15 is 0 Å². The first-order chi connectivity index (χ1) is 16.5. The summed E-state index contributed by atoms with van der Waals surface area (Å²) in [6, 6.07) is 0.